The van der Waals surface area contributed by atoms with Crippen molar-refractivity contribution in [3.8, 4) is 0 Å². The van der Waals surface area contributed by atoms with E-state index in [0.29, 0.717) is 28.2 Å². The molecule has 2 aromatic rings. The second-order valence-corrected chi connectivity index (χ2v) is 6.04. The van der Waals surface area contributed by atoms with E-state index in [9.17, 15) is 9.59 Å². The molecule has 1 aliphatic carbocycles. The number of fused-ring (bicyclic) bond motifs is 1. The van der Waals surface area contributed by atoms with Gasteiger partial charge in [0.2, 0.25) is 0 Å². The number of carbonyl (C=O) groups is 1. The number of aromatic carboxylic acids is 1. The Kier molecular flexibility index (Phi) is 2.89. The molecular weight excluding hydrogens is 264 g/mol. The Hall–Kier alpha value is -1.69. The molecule has 6 heteroatoms. The molecule has 0 radical (unpaired) electrons. The van der Waals surface area contributed by atoms with E-state index in [-0.39, 0.29) is 10.4 Å². The maximum absolute atomic E-state index is 12.4. The van der Waals surface area contributed by atoms with E-state index < -0.39 is 5.97 Å². The fourth-order valence-corrected chi connectivity index (χ4v) is 3.42. The maximum atomic E-state index is 12.4. The summed E-state index contributed by atoms with van der Waals surface area (Å²) in [5, 5.41) is 9.56. The third-order valence-electron chi connectivity index (χ3n) is 3.79. The number of hydrogen-bond acceptors (Lipinski definition) is 4. The first-order valence-corrected chi connectivity index (χ1v) is 7.11. The van der Waals surface area contributed by atoms with Gasteiger partial charge in [-0.05, 0) is 31.2 Å². The molecular formula is C13H14N2O3S. The average molecular weight is 278 g/mol. The highest BCUT2D eigenvalue weighted by molar-refractivity contribution is 7.20. The Bertz CT molecular complexity index is 712. The second kappa shape index (κ2) is 4.45. The molecule has 3 rings (SSSR count). The minimum atomic E-state index is -0.995. The molecule has 2 aromatic heterocycles. The van der Waals surface area contributed by atoms with E-state index >= 15 is 0 Å². The van der Waals surface area contributed by atoms with Crippen molar-refractivity contribution in [2.75, 3.05) is 0 Å². The van der Waals surface area contributed by atoms with Crippen LogP contribution in [0.2, 0.25) is 0 Å². The lowest BCUT2D eigenvalue weighted by atomic mass is 9.85. The molecule has 19 heavy (non-hydrogen) atoms. The van der Waals surface area contributed by atoms with Crippen molar-refractivity contribution in [1.29, 1.82) is 0 Å². The largest absolute Gasteiger partial charge is 0.477 e. The van der Waals surface area contributed by atoms with Crippen LogP contribution in [0.4, 0.5) is 0 Å². The molecule has 0 aliphatic heterocycles. The SMILES string of the molecule is Cc1c(C(=O)O)sc2ncn(CC3CCC3)c(=O)c12. The van der Waals surface area contributed by atoms with Gasteiger partial charge < -0.3 is 5.11 Å². The fourth-order valence-electron chi connectivity index (χ4n) is 2.45. The zero-order valence-corrected chi connectivity index (χ0v) is 11.4. The van der Waals surface area contributed by atoms with Gasteiger partial charge in [-0.3, -0.25) is 9.36 Å². The molecule has 1 aliphatic rings. The number of aryl methyl sites for hydroxylation is 1. The van der Waals surface area contributed by atoms with E-state index in [1.54, 1.807) is 17.8 Å². The van der Waals surface area contributed by atoms with E-state index in [1.165, 1.54) is 6.42 Å². The van der Waals surface area contributed by atoms with Gasteiger partial charge in [0.25, 0.3) is 5.56 Å². The highest BCUT2D eigenvalue weighted by Crippen LogP contribution is 2.29. The van der Waals surface area contributed by atoms with Crippen molar-refractivity contribution in [2.24, 2.45) is 5.92 Å². The van der Waals surface area contributed by atoms with Crippen LogP contribution in [0.5, 0.6) is 0 Å². The summed E-state index contributed by atoms with van der Waals surface area (Å²) in [7, 11) is 0. The number of carboxylic acids is 1. The lowest BCUT2D eigenvalue weighted by Crippen LogP contribution is -2.27. The highest BCUT2D eigenvalue weighted by Gasteiger charge is 2.21. The van der Waals surface area contributed by atoms with Crippen molar-refractivity contribution < 1.29 is 9.90 Å². The molecule has 0 spiro atoms. The van der Waals surface area contributed by atoms with Gasteiger partial charge in [0, 0.05) is 6.54 Å². The van der Waals surface area contributed by atoms with E-state index in [1.807, 2.05) is 0 Å². The molecule has 0 aromatic carbocycles. The van der Waals surface area contributed by atoms with Crippen molar-refractivity contribution in [2.45, 2.75) is 32.7 Å². The van der Waals surface area contributed by atoms with Crippen LogP contribution in [-0.4, -0.2) is 20.6 Å². The minimum Gasteiger partial charge on any atom is -0.477 e. The summed E-state index contributed by atoms with van der Waals surface area (Å²) in [5.41, 5.74) is 0.422. The summed E-state index contributed by atoms with van der Waals surface area (Å²) in [6, 6.07) is 0. The number of nitrogens with zero attached hydrogens (tertiary/aromatic N) is 2. The van der Waals surface area contributed by atoms with Gasteiger partial charge in [-0.2, -0.15) is 0 Å². The fraction of sp³-hybridized carbons (Fsp3) is 0.462. The lowest BCUT2D eigenvalue weighted by molar-refractivity contribution is 0.0701. The Labute approximate surface area is 113 Å². The first-order valence-electron chi connectivity index (χ1n) is 6.29. The topological polar surface area (TPSA) is 72.2 Å². The first-order chi connectivity index (χ1) is 9.08. The van der Waals surface area contributed by atoms with Gasteiger partial charge >= 0.3 is 5.97 Å². The van der Waals surface area contributed by atoms with Gasteiger partial charge in [-0.1, -0.05) is 6.42 Å². The quantitative estimate of drug-likeness (QED) is 0.934. The third-order valence-corrected chi connectivity index (χ3v) is 4.98. The zero-order chi connectivity index (χ0) is 13.6. The van der Waals surface area contributed by atoms with Crippen LogP contribution in [0.1, 0.15) is 34.5 Å². The van der Waals surface area contributed by atoms with E-state index in [4.69, 9.17) is 5.11 Å². The van der Waals surface area contributed by atoms with E-state index in [2.05, 4.69) is 4.98 Å². The molecule has 1 N–H and O–H groups in total. The van der Waals surface area contributed by atoms with Crippen molar-refractivity contribution in [1.82, 2.24) is 9.55 Å². The van der Waals surface area contributed by atoms with Crippen molar-refractivity contribution in [3.05, 3.63) is 27.1 Å². The zero-order valence-electron chi connectivity index (χ0n) is 10.5. The highest BCUT2D eigenvalue weighted by atomic mass is 32.1. The van der Waals surface area contributed by atoms with Gasteiger partial charge in [0.15, 0.2) is 0 Å². The molecule has 0 unspecified atom stereocenters. The van der Waals surface area contributed by atoms with Crippen LogP contribution in [0.3, 0.4) is 0 Å². The molecule has 0 amide bonds. The van der Waals surface area contributed by atoms with Gasteiger partial charge in [-0.15, -0.1) is 11.3 Å². The predicted octanol–water partition coefficient (Wildman–Crippen LogP) is 2.26. The van der Waals surface area contributed by atoms with Crippen LogP contribution in [0.25, 0.3) is 10.2 Å². The first kappa shape index (κ1) is 12.3. The Morgan fingerprint density at radius 1 is 1.58 bits per heavy atom. The standard InChI is InChI=1S/C13H14N2O3S/c1-7-9-11(19-10(7)13(17)18)14-6-15(12(9)16)5-8-3-2-4-8/h6,8H,2-5H2,1H3,(H,17,18). The number of carboxylic acid groups (broad SMARTS) is 1. The molecule has 1 saturated carbocycles. The lowest BCUT2D eigenvalue weighted by Gasteiger charge is -2.25. The molecule has 0 saturated heterocycles. The van der Waals surface area contributed by atoms with Crippen LogP contribution in [-0.2, 0) is 6.54 Å². The Morgan fingerprint density at radius 2 is 2.32 bits per heavy atom. The van der Waals surface area contributed by atoms with Crippen LogP contribution >= 0.6 is 11.3 Å². The Balaban J connectivity index is 2.12. The predicted molar refractivity (Wildman–Crippen MR) is 72.9 cm³/mol. The van der Waals surface area contributed by atoms with Gasteiger partial charge in [0.1, 0.15) is 9.71 Å². The molecule has 1 fully saturated rings. The van der Waals surface area contributed by atoms with Crippen LogP contribution in [0.15, 0.2) is 11.1 Å². The maximum Gasteiger partial charge on any atom is 0.346 e. The summed E-state index contributed by atoms with van der Waals surface area (Å²) in [6.07, 6.45) is 5.10. The summed E-state index contributed by atoms with van der Waals surface area (Å²) in [5.74, 6) is -0.430. The summed E-state index contributed by atoms with van der Waals surface area (Å²) < 4.78 is 1.62. The van der Waals surface area contributed by atoms with Gasteiger partial charge in [-0.25, -0.2) is 9.78 Å². The monoisotopic (exact) mass is 278 g/mol. The molecule has 100 valence electrons. The number of rotatable bonds is 3. The molecule has 2 heterocycles. The summed E-state index contributed by atoms with van der Waals surface area (Å²) in [6.45, 7) is 2.37. The number of thiophene rings is 1. The van der Waals surface area contributed by atoms with Crippen LogP contribution < -0.4 is 5.56 Å². The summed E-state index contributed by atoms with van der Waals surface area (Å²) in [4.78, 5) is 28.5. The van der Waals surface area contributed by atoms with Crippen molar-refractivity contribution in [3.63, 3.8) is 0 Å². The van der Waals surface area contributed by atoms with E-state index in [0.717, 1.165) is 24.2 Å². The average Bonchev–Trinajstić information content (AvgIpc) is 2.64. The number of aromatic nitrogens is 2. The third kappa shape index (κ3) is 1.96. The second-order valence-electron chi connectivity index (χ2n) is 5.04. The van der Waals surface area contributed by atoms with Crippen molar-refractivity contribution >= 4 is 27.5 Å². The Morgan fingerprint density at radius 3 is 2.89 bits per heavy atom. The molecule has 0 bridgehead atoms. The summed E-state index contributed by atoms with van der Waals surface area (Å²) >= 11 is 1.07. The molecule has 5 nitrogen and oxygen atoms in total. The molecule has 0 atom stereocenters. The number of hydrogen-bond donors (Lipinski definition) is 1. The normalized spacial score (nSPS) is 15.6. The minimum absolute atomic E-state index is 0.113. The smallest absolute Gasteiger partial charge is 0.346 e. The van der Waals surface area contributed by atoms with Crippen LogP contribution in [0, 0.1) is 12.8 Å². The van der Waals surface area contributed by atoms with Gasteiger partial charge in [0.05, 0.1) is 11.7 Å².